The van der Waals surface area contributed by atoms with Crippen LogP contribution < -0.4 is 10.1 Å². The van der Waals surface area contributed by atoms with Crippen molar-refractivity contribution in [2.45, 2.75) is 43.1 Å². The van der Waals surface area contributed by atoms with E-state index in [9.17, 15) is 0 Å². The second kappa shape index (κ2) is 7.06. The van der Waals surface area contributed by atoms with E-state index in [1.807, 2.05) is 24.3 Å². The highest BCUT2D eigenvalue weighted by atomic mass is 16.5. The maximum atomic E-state index is 5.62. The van der Waals surface area contributed by atoms with E-state index in [1.165, 1.54) is 18.4 Å². The van der Waals surface area contributed by atoms with Gasteiger partial charge >= 0.3 is 0 Å². The van der Waals surface area contributed by atoms with Crippen LogP contribution in [0.2, 0.25) is 0 Å². The summed E-state index contributed by atoms with van der Waals surface area (Å²) in [7, 11) is 1.66. The van der Waals surface area contributed by atoms with Crippen LogP contribution in [0, 0.1) is 0 Å². The summed E-state index contributed by atoms with van der Waals surface area (Å²) in [6.07, 6.45) is 4.63. The number of para-hydroxylation sites is 1. The fourth-order valence-corrected chi connectivity index (χ4v) is 4.27. The molecule has 2 unspecified atom stereocenters. The average molecular weight is 375 g/mol. The van der Waals surface area contributed by atoms with Gasteiger partial charge in [0.25, 0.3) is 5.89 Å². The molecule has 28 heavy (non-hydrogen) atoms. The number of benzene rings is 2. The number of nitrogens with zero attached hydrogens (tertiary/aromatic N) is 2. The van der Waals surface area contributed by atoms with Gasteiger partial charge in [-0.1, -0.05) is 54.0 Å². The van der Waals surface area contributed by atoms with Crippen LogP contribution in [0.5, 0.6) is 5.75 Å². The Morgan fingerprint density at radius 3 is 2.64 bits per heavy atom. The third-order valence-corrected chi connectivity index (χ3v) is 6.27. The Kier molecular flexibility index (Phi) is 4.40. The third kappa shape index (κ3) is 3.10. The average Bonchev–Trinajstić information content (AvgIpc) is 3.33. The molecule has 1 aromatic heterocycles. The summed E-state index contributed by atoms with van der Waals surface area (Å²) in [5, 5.41) is 8.13. The first-order valence-corrected chi connectivity index (χ1v) is 10.0. The number of rotatable bonds is 7. The first-order valence-electron chi connectivity index (χ1n) is 10.0. The van der Waals surface area contributed by atoms with Gasteiger partial charge in [0, 0.05) is 23.9 Å². The van der Waals surface area contributed by atoms with Crippen molar-refractivity contribution in [2.75, 3.05) is 13.7 Å². The van der Waals surface area contributed by atoms with Crippen molar-refractivity contribution < 1.29 is 9.26 Å². The molecule has 2 atom stereocenters. The zero-order valence-electron chi connectivity index (χ0n) is 16.1. The quantitative estimate of drug-likeness (QED) is 0.667. The summed E-state index contributed by atoms with van der Waals surface area (Å²) in [5.74, 6) is 2.74. The van der Waals surface area contributed by atoms with Crippen LogP contribution in [-0.2, 0) is 5.41 Å². The molecule has 3 aromatic rings. The largest absolute Gasteiger partial charge is 0.496 e. The molecule has 2 aliphatic rings. The van der Waals surface area contributed by atoms with Crippen molar-refractivity contribution >= 4 is 0 Å². The molecule has 0 bridgehead atoms. The van der Waals surface area contributed by atoms with Gasteiger partial charge < -0.3 is 14.6 Å². The number of nitrogens with one attached hydrogen (secondary N) is 1. The normalized spacial score (nSPS) is 22.5. The van der Waals surface area contributed by atoms with Gasteiger partial charge in [0.05, 0.1) is 12.7 Å². The molecule has 0 radical (unpaired) electrons. The number of aromatic nitrogens is 2. The van der Waals surface area contributed by atoms with Crippen LogP contribution in [-0.4, -0.2) is 29.8 Å². The van der Waals surface area contributed by atoms with Crippen LogP contribution in [0.15, 0.2) is 59.1 Å². The molecule has 5 heteroatoms. The summed E-state index contributed by atoms with van der Waals surface area (Å²) in [6, 6.07) is 19.1. The summed E-state index contributed by atoms with van der Waals surface area (Å²) < 4.78 is 11.1. The molecule has 2 aromatic carbocycles. The minimum absolute atomic E-state index is 0.00636. The van der Waals surface area contributed by atoms with Crippen molar-refractivity contribution in [3.63, 3.8) is 0 Å². The van der Waals surface area contributed by atoms with Gasteiger partial charge in [0.1, 0.15) is 5.75 Å². The third-order valence-electron chi connectivity index (χ3n) is 6.27. The first kappa shape index (κ1) is 17.4. The molecule has 144 valence electrons. The van der Waals surface area contributed by atoms with Crippen LogP contribution in [0.1, 0.15) is 43.0 Å². The minimum Gasteiger partial charge on any atom is -0.496 e. The van der Waals surface area contributed by atoms with Gasteiger partial charge in [-0.3, -0.25) is 0 Å². The number of hydrogen-bond acceptors (Lipinski definition) is 5. The Hall–Kier alpha value is -2.66. The van der Waals surface area contributed by atoms with Crippen molar-refractivity contribution in [2.24, 2.45) is 0 Å². The van der Waals surface area contributed by atoms with Gasteiger partial charge in [-0.2, -0.15) is 4.98 Å². The minimum atomic E-state index is -0.00636. The molecule has 0 saturated heterocycles. The molecule has 0 spiro atoms. The number of methoxy groups -OCH3 is 1. The monoisotopic (exact) mass is 375 g/mol. The number of ether oxygens (including phenoxy) is 1. The van der Waals surface area contributed by atoms with E-state index in [0.29, 0.717) is 17.9 Å². The highest BCUT2D eigenvalue weighted by Gasteiger charge is 2.46. The molecule has 1 N–H and O–H groups in total. The van der Waals surface area contributed by atoms with E-state index in [0.717, 1.165) is 36.5 Å². The zero-order chi connectivity index (χ0) is 19.0. The molecule has 0 aliphatic heterocycles. The predicted molar refractivity (Wildman–Crippen MR) is 107 cm³/mol. The fourth-order valence-electron chi connectivity index (χ4n) is 4.27. The highest BCUT2D eigenvalue weighted by molar-refractivity contribution is 5.62. The Morgan fingerprint density at radius 2 is 1.89 bits per heavy atom. The standard InChI is InChI=1S/C23H25N3O2/c1-27-20-11-6-5-10-17(20)21-25-22(26-28-21)23(12-7-13-23)15-24-19-14-18(19)16-8-3-2-4-9-16/h2-6,8-11,18-19,24H,7,12-15H2,1H3. The maximum Gasteiger partial charge on any atom is 0.261 e. The Morgan fingerprint density at radius 1 is 1.11 bits per heavy atom. The van der Waals surface area contributed by atoms with E-state index >= 15 is 0 Å². The topological polar surface area (TPSA) is 60.2 Å². The second-order valence-electron chi connectivity index (χ2n) is 8.00. The first-order chi connectivity index (χ1) is 13.8. The second-order valence-corrected chi connectivity index (χ2v) is 8.00. The molecular formula is C23H25N3O2. The van der Waals surface area contributed by atoms with Crippen molar-refractivity contribution in [3.8, 4) is 17.2 Å². The molecule has 0 amide bonds. The van der Waals surface area contributed by atoms with Crippen LogP contribution >= 0.6 is 0 Å². The fraction of sp³-hybridized carbons (Fsp3) is 0.391. The molecule has 2 saturated carbocycles. The summed E-state index contributed by atoms with van der Waals surface area (Å²) >= 11 is 0. The van der Waals surface area contributed by atoms with E-state index < -0.39 is 0 Å². The van der Waals surface area contributed by atoms with Crippen LogP contribution in [0.3, 0.4) is 0 Å². The molecule has 5 rings (SSSR count). The van der Waals surface area contributed by atoms with Gasteiger partial charge in [-0.05, 0) is 37.0 Å². The lowest BCUT2D eigenvalue weighted by Crippen LogP contribution is -2.45. The lowest BCUT2D eigenvalue weighted by atomic mass is 9.68. The van der Waals surface area contributed by atoms with E-state index in [1.54, 1.807) is 7.11 Å². The lowest BCUT2D eigenvalue weighted by Gasteiger charge is -2.39. The van der Waals surface area contributed by atoms with Crippen molar-refractivity contribution in [1.29, 1.82) is 0 Å². The smallest absolute Gasteiger partial charge is 0.261 e. The molecule has 5 nitrogen and oxygen atoms in total. The van der Waals surface area contributed by atoms with Gasteiger partial charge in [-0.15, -0.1) is 0 Å². The summed E-state index contributed by atoms with van der Waals surface area (Å²) in [6.45, 7) is 0.909. The Balaban J connectivity index is 1.29. The molecule has 1 heterocycles. The van der Waals surface area contributed by atoms with Crippen LogP contribution in [0.4, 0.5) is 0 Å². The van der Waals surface area contributed by atoms with Crippen molar-refractivity contribution in [1.82, 2.24) is 15.5 Å². The van der Waals surface area contributed by atoms with Gasteiger partial charge in [0.15, 0.2) is 5.82 Å². The highest BCUT2D eigenvalue weighted by Crippen LogP contribution is 2.45. The molecule has 2 fully saturated rings. The maximum absolute atomic E-state index is 5.62. The predicted octanol–water partition coefficient (Wildman–Crippen LogP) is 4.31. The SMILES string of the molecule is COc1ccccc1-c1nc(C2(CNC3CC3c3ccccc3)CCC2)no1. The van der Waals surface area contributed by atoms with E-state index in [4.69, 9.17) is 14.2 Å². The van der Waals surface area contributed by atoms with Crippen LogP contribution in [0.25, 0.3) is 11.5 Å². The van der Waals surface area contributed by atoms with Gasteiger partial charge in [-0.25, -0.2) is 0 Å². The summed E-state index contributed by atoms with van der Waals surface area (Å²) in [4.78, 5) is 4.76. The Labute approximate surface area is 165 Å². The zero-order valence-corrected chi connectivity index (χ0v) is 16.1. The van der Waals surface area contributed by atoms with Crippen molar-refractivity contribution in [3.05, 3.63) is 66.0 Å². The van der Waals surface area contributed by atoms with E-state index in [-0.39, 0.29) is 5.41 Å². The van der Waals surface area contributed by atoms with E-state index in [2.05, 4.69) is 40.8 Å². The van der Waals surface area contributed by atoms with Gasteiger partial charge in [0.2, 0.25) is 0 Å². The molecular weight excluding hydrogens is 350 g/mol. The Bertz CT molecular complexity index is 949. The number of hydrogen-bond donors (Lipinski definition) is 1. The summed E-state index contributed by atoms with van der Waals surface area (Å²) in [5.41, 5.74) is 2.27. The molecule has 2 aliphatic carbocycles. The lowest BCUT2D eigenvalue weighted by molar-refractivity contribution is 0.211.